The van der Waals surface area contributed by atoms with Crippen LogP contribution in [0.3, 0.4) is 0 Å². The van der Waals surface area contributed by atoms with E-state index in [9.17, 15) is 18.4 Å². The summed E-state index contributed by atoms with van der Waals surface area (Å²) in [7, 11) is 0. The fourth-order valence-electron chi connectivity index (χ4n) is 2.02. The number of nitrogens with zero attached hydrogens (tertiary/aromatic N) is 1. The number of rotatable bonds is 4. The molecule has 2 rings (SSSR count). The summed E-state index contributed by atoms with van der Waals surface area (Å²) in [5.74, 6) is -3.91. The number of nitrogens with one attached hydrogen (secondary N) is 2. The number of carbonyl (C=O) groups excluding carboxylic acids is 2. The Hall–Kier alpha value is -2.06. The highest BCUT2D eigenvalue weighted by Crippen LogP contribution is 2.17. The molecule has 0 unspecified atom stereocenters. The third-order valence-electron chi connectivity index (χ3n) is 3.22. The Bertz CT molecular complexity index is 528. The summed E-state index contributed by atoms with van der Waals surface area (Å²) >= 11 is 0. The van der Waals surface area contributed by atoms with E-state index in [0.717, 1.165) is 25.2 Å². The van der Waals surface area contributed by atoms with Crippen LogP contribution < -0.4 is 10.6 Å². The van der Waals surface area contributed by atoms with Gasteiger partial charge in [0, 0.05) is 26.2 Å². The van der Waals surface area contributed by atoms with Gasteiger partial charge in [-0.25, -0.2) is 8.78 Å². The van der Waals surface area contributed by atoms with Crippen LogP contribution in [0.2, 0.25) is 0 Å². The van der Waals surface area contributed by atoms with Gasteiger partial charge in [0.05, 0.1) is 13.2 Å². The molecule has 2 N–H and O–H groups in total. The Morgan fingerprint density at radius 2 is 1.77 bits per heavy atom. The molecule has 0 saturated carbocycles. The fraction of sp³-hybridized carbons (Fsp3) is 0.429. The maximum atomic E-state index is 13.4. The van der Waals surface area contributed by atoms with E-state index in [-0.39, 0.29) is 6.54 Å². The quantitative estimate of drug-likeness (QED) is 0.787. The van der Waals surface area contributed by atoms with E-state index in [1.54, 1.807) is 0 Å². The van der Waals surface area contributed by atoms with Crippen LogP contribution in [0.15, 0.2) is 18.2 Å². The Kier molecular flexibility index (Phi) is 5.79. The van der Waals surface area contributed by atoms with Gasteiger partial charge in [0.15, 0.2) is 0 Å². The molecule has 0 bridgehead atoms. The number of halogens is 2. The van der Waals surface area contributed by atoms with E-state index < -0.39 is 29.1 Å². The first-order valence-electron chi connectivity index (χ1n) is 6.91. The Morgan fingerprint density at radius 3 is 2.41 bits per heavy atom. The van der Waals surface area contributed by atoms with Gasteiger partial charge >= 0.3 is 11.8 Å². The molecular formula is C14H17F2N3O3. The van der Waals surface area contributed by atoms with Crippen LogP contribution in [-0.2, 0) is 14.3 Å². The lowest BCUT2D eigenvalue weighted by molar-refractivity contribution is -0.136. The molecule has 8 heteroatoms. The average molecular weight is 313 g/mol. The number of carbonyl (C=O) groups is 2. The zero-order valence-corrected chi connectivity index (χ0v) is 11.9. The lowest BCUT2D eigenvalue weighted by Crippen LogP contribution is -2.43. The molecular weight excluding hydrogens is 296 g/mol. The maximum Gasteiger partial charge on any atom is 0.313 e. The van der Waals surface area contributed by atoms with Crippen molar-refractivity contribution in [2.75, 3.05) is 44.7 Å². The van der Waals surface area contributed by atoms with E-state index in [2.05, 4.69) is 10.2 Å². The van der Waals surface area contributed by atoms with Crippen molar-refractivity contribution in [2.45, 2.75) is 0 Å². The normalized spacial score (nSPS) is 15.4. The minimum Gasteiger partial charge on any atom is -0.379 e. The highest BCUT2D eigenvalue weighted by Gasteiger charge is 2.18. The zero-order valence-electron chi connectivity index (χ0n) is 11.9. The summed E-state index contributed by atoms with van der Waals surface area (Å²) in [5.41, 5.74) is -0.629. The lowest BCUT2D eigenvalue weighted by Gasteiger charge is -2.26. The number of morpholine rings is 1. The van der Waals surface area contributed by atoms with Crippen molar-refractivity contribution in [3.8, 4) is 0 Å². The van der Waals surface area contributed by atoms with Crippen LogP contribution in [0.1, 0.15) is 0 Å². The second-order valence-electron chi connectivity index (χ2n) is 4.76. The van der Waals surface area contributed by atoms with Gasteiger partial charge in [0.2, 0.25) is 0 Å². The highest BCUT2D eigenvalue weighted by molar-refractivity contribution is 6.39. The topological polar surface area (TPSA) is 70.7 Å². The lowest BCUT2D eigenvalue weighted by atomic mass is 10.3. The Balaban J connectivity index is 1.78. The molecule has 1 fully saturated rings. The van der Waals surface area contributed by atoms with Crippen molar-refractivity contribution in [2.24, 2.45) is 0 Å². The molecule has 0 aliphatic carbocycles. The van der Waals surface area contributed by atoms with E-state index in [4.69, 9.17) is 4.74 Å². The molecule has 1 aliphatic heterocycles. The van der Waals surface area contributed by atoms with Gasteiger partial charge in [0.25, 0.3) is 0 Å². The van der Waals surface area contributed by atoms with Gasteiger partial charge in [-0.05, 0) is 12.1 Å². The van der Waals surface area contributed by atoms with Crippen LogP contribution >= 0.6 is 0 Å². The second-order valence-corrected chi connectivity index (χ2v) is 4.76. The maximum absolute atomic E-state index is 13.4. The van der Waals surface area contributed by atoms with E-state index in [1.807, 2.05) is 5.32 Å². The first-order valence-corrected chi connectivity index (χ1v) is 6.91. The van der Waals surface area contributed by atoms with E-state index in [0.29, 0.717) is 19.8 Å². The Labute approximate surface area is 126 Å². The van der Waals surface area contributed by atoms with Gasteiger partial charge in [-0.15, -0.1) is 0 Å². The largest absolute Gasteiger partial charge is 0.379 e. The number of hydrogen-bond donors (Lipinski definition) is 2. The van der Waals surface area contributed by atoms with Crippen molar-refractivity contribution >= 4 is 17.5 Å². The first kappa shape index (κ1) is 16.3. The molecule has 120 valence electrons. The summed E-state index contributed by atoms with van der Waals surface area (Å²) in [6, 6.07) is 3.16. The standard InChI is InChI=1S/C14H17F2N3O3/c15-10-2-1-3-11(16)12(10)18-14(21)13(20)17-4-5-19-6-8-22-9-7-19/h1-3H,4-9H2,(H,17,20)(H,18,21). The molecule has 6 nitrogen and oxygen atoms in total. The number of benzene rings is 1. The number of ether oxygens (including phenoxy) is 1. The van der Waals surface area contributed by atoms with Crippen molar-refractivity contribution in [3.63, 3.8) is 0 Å². The van der Waals surface area contributed by atoms with Crippen molar-refractivity contribution in [1.29, 1.82) is 0 Å². The third-order valence-corrected chi connectivity index (χ3v) is 3.22. The molecule has 0 aromatic heterocycles. The zero-order chi connectivity index (χ0) is 15.9. The molecule has 2 amide bonds. The molecule has 0 radical (unpaired) electrons. The predicted octanol–water partition coefficient (Wildman–Crippen LogP) is 0.352. The van der Waals surface area contributed by atoms with Crippen molar-refractivity contribution in [1.82, 2.24) is 10.2 Å². The molecule has 1 aliphatic rings. The molecule has 1 aromatic rings. The highest BCUT2D eigenvalue weighted by atomic mass is 19.1. The summed E-state index contributed by atoms with van der Waals surface area (Å²) in [5, 5.41) is 4.34. The smallest absolute Gasteiger partial charge is 0.313 e. The van der Waals surface area contributed by atoms with Crippen molar-refractivity contribution in [3.05, 3.63) is 29.8 Å². The second kappa shape index (κ2) is 7.81. The number of hydrogen-bond acceptors (Lipinski definition) is 4. The van der Waals surface area contributed by atoms with Crippen LogP contribution in [0.25, 0.3) is 0 Å². The molecule has 1 saturated heterocycles. The van der Waals surface area contributed by atoms with Crippen LogP contribution in [0, 0.1) is 11.6 Å². The van der Waals surface area contributed by atoms with Crippen LogP contribution in [0.5, 0.6) is 0 Å². The number of amides is 2. The predicted molar refractivity (Wildman–Crippen MR) is 75.3 cm³/mol. The van der Waals surface area contributed by atoms with Crippen LogP contribution in [0.4, 0.5) is 14.5 Å². The minimum atomic E-state index is -1.11. The van der Waals surface area contributed by atoms with Crippen molar-refractivity contribution < 1.29 is 23.1 Å². The van der Waals surface area contributed by atoms with E-state index >= 15 is 0 Å². The molecule has 22 heavy (non-hydrogen) atoms. The van der Waals surface area contributed by atoms with Gasteiger partial charge in [-0.2, -0.15) is 0 Å². The van der Waals surface area contributed by atoms with Gasteiger partial charge in [-0.3, -0.25) is 14.5 Å². The van der Waals surface area contributed by atoms with Crippen LogP contribution in [-0.4, -0.2) is 56.1 Å². The molecule has 1 aromatic carbocycles. The van der Waals surface area contributed by atoms with E-state index in [1.165, 1.54) is 6.07 Å². The summed E-state index contributed by atoms with van der Waals surface area (Å²) in [6.45, 7) is 3.66. The van der Waals surface area contributed by atoms with Gasteiger partial charge in [-0.1, -0.05) is 6.07 Å². The summed E-state index contributed by atoms with van der Waals surface area (Å²) in [4.78, 5) is 25.3. The van der Waals surface area contributed by atoms with Gasteiger partial charge in [0.1, 0.15) is 17.3 Å². The summed E-state index contributed by atoms with van der Waals surface area (Å²) < 4.78 is 31.9. The Morgan fingerprint density at radius 1 is 1.14 bits per heavy atom. The first-order chi connectivity index (χ1) is 10.6. The molecule has 1 heterocycles. The fourth-order valence-corrected chi connectivity index (χ4v) is 2.02. The molecule has 0 atom stereocenters. The SMILES string of the molecule is O=C(NCCN1CCOCC1)C(=O)Nc1c(F)cccc1F. The van der Waals surface area contributed by atoms with Gasteiger partial charge < -0.3 is 15.4 Å². The number of para-hydroxylation sites is 1. The monoisotopic (exact) mass is 313 g/mol. The average Bonchev–Trinajstić information content (AvgIpc) is 2.52. The summed E-state index contributed by atoms with van der Waals surface area (Å²) in [6.07, 6.45) is 0. The third kappa shape index (κ3) is 4.47. The molecule has 0 spiro atoms. The number of anilines is 1. The minimum absolute atomic E-state index is 0.270.